The fourth-order valence-corrected chi connectivity index (χ4v) is 7.15. The van der Waals surface area contributed by atoms with Crippen molar-refractivity contribution in [1.29, 1.82) is 0 Å². The number of carbonyl (C=O) groups excluding carboxylic acids is 3. The van der Waals surface area contributed by atoms with Gasteiger partial charge in [-0.1, -0.05) is 18.2 Å². The molecule has 0 unspecified atom stereocenters. The normalized spacial score (nSPS) is 17.6. The van der Waals surface area contributed by atoms with E-state index in [0.29, 0.717) is 114 Å². The van der Waals surface area contributed by atoms with Gasteiger partial charge in [0.15, 0.2) is 6.29 Å². The van der Waals surface area contributed by atoms with Gasteiger partial charge < -0.3 is 36.4 Å². The van der Waals surface area contributed by atoms with Gasteiger partial charge in [0.1, 0.15) is 0 Å². The van der Waals surface area contributed by atoms with Gasteiger partial charge in [-0.2, -0.15) is 0 Å². The van der Waals surface area contributed by atoms with Crippen molar-refractivity contribution in [3.8, 4) is 11.1 Å². The Morgan fingerprint density at radius 1 is 0.667 bits per heavy atom. The molecule has 2 aromatic carbocycles. The SMILES string of the molecule is NC(=O)c1ccnc2ccc(-c3ccc(C(=O)NCCN4CCN(C(=O)CN5CCN(CC(=O)O)CCN(CC(O)O)CCN(CC(=O)O)CC5)CC4)cc3)cc12. The van der Waals surface area contributed by atoms with Crippen molar-refractivity contribution in [2.75, 3.05) is 118 Å². The average molecular weight is 792 g/mol. The summed E-state index contributed by atoms with van der Waals surface area (Å²) in [6, 6.07) is 14.4. The number of aliphatic carboxylic acids is 2. The first-order valence-corrected chi connectivity index (χ1v) is 19.1. The van der Waals surface area contributed by atoms with E-state index in [2.05, 4.69) is 15.2 Å². The van der Waals surface area contributed by atoms with Crippen LogP contribution in [0.3, 0.4) is 0 Å². The first-order valence-electron chi connectivity index (χ1n) is 19.1. The lowest BCUT2D eigenvalue weighted by Crippen LogP contribution is -2.53. The Morgan fingerprint density at radius 2 is 1.19 bits per heavy atom. The molecule has 0 bridgehead atoms. The van der Waals surface area contributed by atoms with Crippen LogP contribution in [0.5, 0.6) is 0 Å². The zero-order chi connectivity index (χ0) is 40.9. The van der Waals surface area contributed by atoms with E-state index in [1.54, 1.807) is 44.0 Å². The number of primary amides is 1. The number of amides is 3. The Kier molecular flexibility index (Phi) is 15.8. The lowest BCUT2D eigenvalue weighted by molar-refractivity contribution is -0.139. The highest BCUT2D eigenvalue weighted by atomic mass is 16.5. The maximum absolute atomic E-state index is 13.5. The molecule has 0 spiro atoms. The Morgan fingerprint density at radius 3 is 1.74 bits per heavy atom. The highest BCUT2D eigenvalue weighted by Gasteiger charge is 2.25. The van der Waals surface area contributed by atoms with Crippen molar-refractivity contribution < 1.29 is 44.4 Å². The van der Waals surface area contributed by atoms with Gasteiger partial charge in [0.25, 0.3) is 5.91 Å². The number of carboxylic acid groups (broad SMARTS) is 2. The van der Waals surface area contributed by atoms with Gasteiger partial charge in [-0.05, 0) is 41.5 Å². The number of nitrogens with one attached hydrogen (secondary N) is 1. The number of pyridine rings is 1. The van der Waals surface area contributed by atoms with Gasteiger partial charge in [-0.15, -0.1) is 0 Å². The van der Waals surface area contributed by atoms with Crippen LogP contribution in [0.2, 0.25) is 0 Å². The van der Waals surface area contributed by atoms with Gasteiger partial charge in [0.05, 0.1) is 30.7 Å². The summed E-state index contributed by atoms with van der Waals surface area (Å²) in [5.74, 6) is -2.78. The van der Waals surface area contributed by atoms with Crippen LogP contribution < -0.4 is 11.1 Å². The number of aliphatic hydroxyl groups is 2. The molecule has 3 amide bonds. The van der Waals surface area contributed by atoms with Gasteiger partial charge in [0, 0.05) is 115 Å². The molecule has 0 aliphatic carbocycles. The molecule has 7 N–H and O–H groups in total. The van der Waals surface area contributed by atoms with E-state index < -0.39 is 24.1 Å². The molecular formula is C39H53N9O9. The highest BCUT2D eigenvalue weighted by Crippen LogP contribution is 2.26. The van der Waals surface area contributed by atoms with Gasteiger partial charge >= 0.3 is 11.9 Å². The van der Waals surface area contributed by atoms with Crippen molar-refractivity contribution in [2.24, 2.45) is 5.73 Å². The summed E-state index contributed by atoms with van der Waals surface area (Å²) in [6.07, 6.45) is -0.0312. The Labute approximate surface area is 331 Å². The topological polar surface area (TPSA) is 237 Å². The molecule has 2 aliphatic heterocycles. The maximum Gasteiger partial charge on any atom is 0.317 e. The van der Waals surface area contributed by atoms with Crippen molar-refractivity contribution in [1.82, 2.24) is 39.7 Å². The van der Waals surface area contributed by atoms with Crippen LogP contribution >= 0.6 is 0 Å². The molecule has 2 saturated heterocycles. The molecule has 0 radical (unpaired) electrons. The number of nitrogens with two attached hydrogens (primary N) is 1. The zero-order valence-corrected chi connectivity index (χ0v) is 32.0. The molecule has 0 saturated carbocycles. The number of nitrogens with zero attached hydrogens (tertiary/aromatic N) is 7. The van der Waals surface area contributed by atoms with Crippen LogP contribution in [0.15, 0.2) is 54.7 Å². The third kappa shape index (κ3) is 13.2. The van der Waals surface area contributed by atoms with Crippen LogP contribution in [-0.2, 0) is 14.4 Å². The number of aromatic nitrogens is 1. The predicted molar refractivity (Wildman–Crippen MR) is 210 cm³/mol. The summed E-state index contributed by atoms with van der Waals surface area (Å²) in [6.45, 7) is 5.89. The number of carboxylic acids is 2. The molecule has 57 heavy (non-hydrogen) atoms. The van der Waals surface area contributed by atoms with E-state index in [9.17, 15) is 44.4 Å². The van der Waals surface area contributed by atoms with Gasteiger partial charge in [-0.3, -0.25) is 53.5 Å². The molecule has 2 aliphatic rings. The highest BCUT2D eigenvalue weighted by molar-refractivity contribution is 6.06. The Balaban J connectivity index is 1.09. The van der Waals surface area contributed by atoms with Crippen molar-refractivity contribution in [2.45, 2.75) is 6.29 Å². The number of benzene rings is 2. The molecule has 2 fully saturated rings. The minimum atomic E-state index is -1.58. The van der Waals surface area contributed by atoms with Crippen LogP contribution in [0.1, 0.15) is 20.7 Å². The maximum atomic E-state index is 13.5. The molecule has 3 aromatic rings. The standard InChI is InChI=1S/C39H53N9O9/c40-38(56)31-7-8-41-33-6-5-30(23-32(31)33)28-1-3-29(4-2-28)39(57)42-9-10-43-19-21-48(22-20-43)34(49)24-44-11-13-45(25-35(50)51)15-17-47(27-37(54)55)18-16-46(14-12-44)26-36(52)53/h1-8,23,37,54-55H,9-22,24-27H2,(H2,40,56)(H,42,57)(H,50,51)(H,52,53). The monoisotopic (exact) mass is 791 g/mol. The molecule has 3 heterocycles. The van der Waals surface area contributed by atoms with Crippen LogP contribution in [0, 0.1) is 0 Å². The summed E-state index contributed by atoms with van der Waals surface area (Å²) in [5, 5.41) is 41.7. The lowest BCUT2D eigenvalue weighted by atomic mass is 9.99. The number of hydrogen-bond donors (Lipinski definition) is 6. The van der Waals surface area contributed by atoms with Crippen LogP contribution in [-0.4, -0.2) is 209 Å². The molecule has 308 valence electrons. The first kappa shape index (κ1) is 43.1. The average Bonchev–Trinajstić information content (AvgIpc) is 3.18. The smallest absolute Gasteiger partial charge is 0.317 e. The molecule has 18 heteroatoms. The first-order chi connectivity index (χ1) is 27.3. The zero-order valence-electron chi connectivity index (χ0n) is 32.0. The van der Waals surface area contributed by atoms with Crippen molar-refractivity contribution in [3.05, 3.63) is 65.9 Å². The second-order valence-electron chi connectivity index (χ2n) is 14.4. The molecular weight excluding hydrogens is 738 g/mol. The number of rotatable bonds is 14. The molecule has 18 nitrogen and oxygen atoms in total. The van der Waals surface area contributed by atoms with E-state index in [0.717, 1.165) is 11.1 Å². The minimum absolute atomic E-state index is 0.0465. The summed E-state index contributed by atoms with van der Waals surface area (Å²) in [4.78, 5) is 77.1. The Bertz CT molecular complexity index is 1820. The van der Waals surface area contributed by atoms with E-state index in [4.69, 9.17) is 5.73 Å². The van der Waals surface area contributed by atoms with E-state index in [-0.39, 0.29) is 38.0 Å². The third-order valence-electron chi connectivity index (χ3n) is 10.4. The number of β-amino-alcohol motifs (C(OH)–C–C–N with tert-alkyl or cyclic N) is 2. The summed E-state index contributed by atoms with van der Waals surface area (Å²) < 4.78 is 0. The van der Waals surface area contributed by atoms with Gasteiger partial charge in [-0.25, -0.2) is 0 Å². The Hall–Kier alpha value is -5.08. The van der Waals surface area contributed by atoms with Gasteiger partial charge in [0.2, 0.25) is 11.8 Å². The molecule has 1 aromatic heterocycles. The number of carbonyl (C=O) groups is 5. The van der Waals surface area contributed by atoms with Crippen molar-refractivity contribution in [3.63, 3.8) is 0 Å². The number of aliphatic hydroxyl groups excluding tert-OH is 1. The van der Waals surface area contributed by atoms with E-state index in [1.807, 2.05) is 35.2 Å². The van der Waals surface area contributed by atoms with Crippen molar-refractivity contribution >= 4 is 40.6 Å². The second kappa shape index (κ2) is 20.9. The fraction of sp³-hybridized carbons (Fsp3) is 0.487. The summed E-state index contributed by atoms with van der Waals surface area (Å²) >= 11 is 0. The van der Waals surface area contributed by atoms with Crippen LogP contribution in [0.4, 0.5) is 0 Å². The predicted octanol–water partition coefficient (Wildman–Crippen LogP) is -1.42. The van der Waals surface area contributed by atoms with E-state index >= 15 is 0 Å². The second-order valence-corrected chi connectivity index (χ2v) is 14.4. The molecule has 5 rings (SSSR count). The quantitative estimate of drug-likeness (QED) is 0.103. The number of hydrogen-bond acceptors (Lipinski definition) is 13. The molecule has 0 atom stereocenters. The van der Waals surface area contributed by atoms with E-state index in [1.165, 1.54) is 0 Å². The summed E-state index contributed by atoms with van der Waals surface area (Å²) in [5.41, 5.74) is 8.85. The number of piperazine rings is 1. The van der Waals surface area contributed by atoms with Crippen LogP contribution in [0.25, 0.3) is 22.0 Å². The lowest BCUT2D eigenvalue weighted by Gasteiger charge is -2.37. The summed E-state index contributed by atoms with van der Waals surface area (Å²) in [7, 11) is 0. The third-order valence-corrected chi connectivity index (χ3v) is 10.4. The minimum Gasteiger partial charge on any atom is -0.480 e. The largest absolute Gasteiger partial charge is 0.480 e. The number of fused-ring (bicyclic) bond motifs is 1. The fourth-order valence-electron chi connectivity index (χ4n) is 7.15.